The van der Waals surface area contributed by atoms with E-state index in [1.54, 1.807) is 29.0 Å². The van der Waals surface area contributed by atoms with Crippen molar-refractivity contribution < 1.29 is 14.3 Å². The van der Waals surface area contributed by atoms with Crippen LogP contribution in [0.5, 0.6) is 11.5 Å². The molecule has 0 atom stereocenters. The third kappa shape index (κ3) is 3.23. The van der Waals surface area contributed by atoms with Crippen molar-refractivity contribution >= 4 is 28.4 Å². The normalized spacial score (nSPS) is 12.3. The van der Waals surface area contributed by atoms with Gasteiger partial charge in [0.25, 0.3) is 0 Å². The summed E-state index contributed by atoms with van der Waals surface area (Å²) in [6.07, 6.45) is 1.61. The molecule has 3 aromatic rings. The molecule has 26 heavy (non-hydrogen) atoms. The number of aromatic nitrogens is 1. The molecule has 2 heterocycles. The summed E-state index contributed by atoms with van der Waals surface area (Å²) < 4.78 is 12.3. The Labute approximate surface area is 153 Å². The first-order chi connectivity index (χ1) is 12.6. The van der Waals surface area contributed by atoms with Crippen LogP contribution in [-0.2, 0) is 17.9 Å². The molecular weight excluding hydrogens is 356 g/mol. The predicted molar refractivity (Wildman–Crippen MR) is 97.6 cm³/mol. The first-order valence-corrected chi connectivity index (χ1v) is 8.42. The number of fused-ring (bicyclic) bond motifs is 2. The molecular formula is C19H15ClN2O4. The fraction of sp³-hybridized carbons (Fsp3) is 0.158. The summed E-state index contributed by atoms with van der Waals surface area (Å²) in [5, 5.41) is 3.84. The molecule has 6 nitrogen and oxygen atoms in total. The topological polar surface area (TPSA) is 69.6 Å². The van der Waals surface area contributed by atoms with Gasteiger partial charge in [-0.3, -0.25) is 9.59 Å². The Morgan fingerprint density at radius 3 is 2.85 bits per heavy atom. The van der Waals surface area contributed by atoms with Crippen molar-refractivity contribution in [2.75, 3.05) is 6.79 Å². The van der Waals surface area contributed by atoms with E-state index < -0.39 is 0 Å². The molecule has 1 aliphatic heterocycles. The van der Waals surface area contributed by atoms with Gasteiger partial charge in [0.1, 0.15) is 6.54 Å². The van der Waals surface area contributed by atoms with Crippen molar-refractivity contribution in [1.82, 2.24) is 9.88 Å². The first kappa shape index (κ1) is 16.5. The van der Waals surface area contributed by atoms with Crippen LogP contribution >= 0.6 is 11.6 Å². The second-order valence-corrected chi connectivity index (χ2v) is 6.37. The number of carbonyl (C=O) groups excluding carboxylic acids is 1. The molecule has 7 heteroatoms. The van der Waals surface area contributed by atoms with Crippen molar-refractivity contribution in [2.45, 2.75) is 13.1 Å². The van der Waals surface area contributed by atoms with Gasteiger partial charge in [-0.25, -0.2) is 0 Å². The lowest BCUT2D eigenvalue weighted by molar-refractivity contribution is -0.121. The minimum atomic E-state index is -0.164. The van der Waals surface area contributed by atoms with E-state index in [2.05, 4.69) is 5.32 Å². The van der Waals surface area contributed by atoms with E-state index in [1.807, 2.05) is 18.2 Å². The molecule has 1 aliphatic rings. The maximum atomic E-state index is 12.3. The van der Waals surface area contributed by atoms with Gasteiger partial charge in [-0.1, -0.05) is 17.7 Å². The monoisotopic (exact) mass is 370 g/mol. The van der Waals surface area contributed by atoms with Crippen LogP contribution in [-0.4, -0.2) is 17.3 Å². The van der Waals surface area contributed by atoms with Gasteiger partial charge in [0.2, 0.25) is 12.7 Å². The van der Waals surface area contributed by atoms with Crippen molar-refractivity contribution in [3.8, 4) is 11.5 Å². The summed E-state index contributed by atoms with van der Waals surface area (Å²) in [5.74, 6) is 1.22. The Balaban J connectivity index is 1.48. The highest BCUT2D eigenvalue weighted by atomic mass is 35.5. The van der Waals surface area contributed by atoms with Gasteiger partial charge in [0, 0.05) is 29.2 Å². The molecule has 1 amide bonds. The summed E-state index contributed by atoms with van der Waals surface area (Å²) in [7, 11) is 0. The van der Waals surface area contributed by atoms with Gasteiger partial charge < -0.3 is 19.4 Å². The van der Waals surface area contributed by atoms with Gasteiger partial charge in [-0.05, 0) is 35.9 Å². The Bertz CT molecular complexity index is 1060. The van der Waals surface area contributed by atoms with E-state index in [9.17, 15) is 9.59 Å². The van der Waals surface area contributed by atoms with Crippen LogP contribution in [0.4, 0.5) is 0 Å². The van der Waals surface area contributed by atoms with Gasteiger partial charge >= 0.3 is 0 Å². The molecule has 0 aliphatic carbocycles. The zero-order valence-corrected chi connectivity index (χ0v) is 14.5. The van der Waals surface area contributed by atoms with Crippen LogP contribution in [0.1, 0.15) is 5.56 Å². The number of nitrogens with zero attached hydrogens (tertiary/aromatic N) is 1. The summed E-state index contributed by atoms with van der Waals surface area (Å²) in [5.41, 5.74) is 1.46. The molecule has 0 spiro atoms. The van der Waals surface area contributed by atoms with Gasteiger partial charge in [0.15, 0.2) is 16.9 Å². The third-order valence-electron chi connectivity index (χ3n) is 4.18. The number of nitrogens with one attached hydrogen (secondary N) is 1. The average Bonchev–Trinajstić information content (AvgIpc) is 3.10. The number of hydrogen-bond donors (Lipinski definition) is 1. The molecule has 1 aromatic heterocycles. The van der Waals surface area contributed by atoms with E-state index in [-0.39, 0.29) is 24.7 Å². The zero-order chi connectivity index (χ0) is 18.1. The Morgan fingerprint density at radius 1 is 1.12 bits per heavy atom. The molecule has 132 valence electrons. The molecule has 0 saturated carbocycles. The van der Waals surface area contributed by atoms with Crippen LogP contribution in [0, 0.1) is 0 Å². The number of benzene rings is 2. The number of rotatable bonds is 4. The van der Waals surface area contributed by atoms with Crippen molar-refractivity contribution in [1.29, 1.82) is 0 Å². The highest BCUT2D eigenvalue weighted by molar-refractivity contribution is 6.31. The van der Waals surface area contributed by atoms with E-state index in [4.69, 9.17) is 21.1 Å². The smallest absolute Gasteiger partial charge is 0.240 e. The van der Waals surface area contributed by atoms with E-state index in [0.717, 1.165) is 5.56 Å². The van der Waals surface area contributed by atoms with E-state index in [1.165, 1.54) is 6.07 Å². The van der Waals surface area contributed by atoms with E-state index >= 15 is 0 Å². The third-order valence-corrected chi connectivity index (χ3v) is 4.42. The molecule has 1 N–H and O–H groups in total. The van der Waals surface area contributed by atoms with Crippen LogP contribution < -0.4 is 20.2 Å². The Kier molecular flexibility index (Phi) is 4.26. The second-order valence-electron chi connectivity index (χ2n) is 5.93. The molecule has 0 bridgehead atoms. The Morgan fingerprint density at radius 2 is 1.96 bits per heavy atom. The SMILES string of the molecule is O=C(Cn1ccc(=O)c2cc(Cl)ccc21)NCc1ccc2c(c1)OCO2. The second kappa shape index (κ2) is 6.72. The summed E-state index contributed by atoms with van der Waals surface area (Å²) in [6, 6.07) is 12.0. The quantitative estimate of drug-likeness (QED) is 0.766. The number of ether oxygens (including phenoxy) is 2. The van der Waals surface area contributed by atoms with Crippen LogP contribution in [0.25, 0.3) is 10.9 Å². The molecule has 4 rings (SSSR count). The molecule has 0 unspecified atom stereocenters. The van der Waals surface area contributed by atoms with Gasteiger partial charge in [-0.15, -0.1) is 0 Å². The lowest BCUT2D eigenvalue weighted by atomic mass is 10.2. The average molecular weight is 371 g/mol. The molecule has 0 fully saturated rings. The van der Waals surface area contributed by atoms with Crippen LogP contribution in [0.15, 0.2) is 53.5 Å². The zero-order valence-electron chi connectivity index (χ0n) is 13.7. The van der Waals surface area contributed by atoms with Crippen LogP contribution in [0.2, 0.25) is 5.02 Å². The number of hydrogen-bond acceptors (Lipinski definition) is 4. The maximum Gasteiger partial charge on any atom is 0.240 e. The highest BCUT2D eigenvalue weighted by Crippen LogP contribution is 2.32. The van der Waals surface area contributed by atoms with Gasteiger partial charge in [-0.2, -0.15) is 0 Å². The first-order valence-electron chi connectivity index (χ1n) is 8.04. The highest BCUT2D eigenvalue weighted by Gasteiger charge is 2.13. The lowest BCUT2D eigenvalue weighted by Crippen LogP contribution is -2.27. The van der Waals surface area contributed by atoms with Crippen molar-refractivity contribution in [3.05, 3.63) is 69.5 Å². The Hall–Kier alpha value is -2.99. The standard InChI is InChI=1S/C19H15ClN2O4/c20-13-2-3-15-14(8-13)16(23)5-6-22(15)10-19(24)21-9-12-1-4-17-18(7-12)26-11-25-17/h1-8H,9-11H2,(H,21,24). The number of carbonyl (C=O) groups is 1. The van der Waals surface area contributed by atoms with Crippen molar-refractivity contribution in [2.24, 2.45) is 0 Å². The number of amides is 1. The lowest BCUT2D eigenvalue weighted by Gasteiger charge is -2.11. The largest absolute Gasteiger partial charge is 0.454 e. The van der Waals surface area contributed by atoms with E-state index in [0.29, 0.717) is 34.0 Å². The van der Waals surface area contributed by atoms with Crippen LogP contribution in [0.3, 0.4) is 0 Å². The van der Waals surface area contributed by atoms with Crippen molar-refractivity contribution in [3.63, 3.8) is 0 Å². The molecule has 2 aromatic carbocycles. The minimum Gasteiger partial charge on any atom is -0.454 e. The minimum absolute atomic E-state index is 0.100. The number of halogens is 1. The summed E-state index contributed by atoms with van der Waals surface area (Å²) in [6.45, 7) is 0.691. The molecule has 0 radical (unpaired) electrons. The fourth-order valence-corrected chi connectivity index (χ4v) is 3.06. The fourth-order valence-electron chi connectivity index (χ4n) is 2.88. The number of pyridine rings is 1. The summed E-state index contributed by atoms with van der Waals surface area (Å²) in [4.78, 5) is 24.3. The maximum absolute atomic E-state index is 12.3. The van der Waals surface area contributed by atoms with Gasteiger partial charge in [0.05, 0.1) is 5.52 Å². The predicted octanol–water partition coefficient (Wildman–Crippen LogP) is 2.70. The summed E-state index contributed by atoms with van der Waals surface area (Å²) >= 11 is 5.96. The molecule has 0 saturated heterocycles.